The number of hydrogen-bond acceptors (Lipinski definition) is 5. The number of nitrogens with zero attached hydrogens (tertiary/aromatic N) is 3. The van der Waals surface area contributed by atoms with Crippen LogP contribution < -0.4 is 5.32 Å². The fourth-order valence-electron chi connectivity index (χ4n) is 2.41. The lowest BCUT2D eigenvalue weighted by Crippen LogP contribution is -2.30. The highest BCUT2D eigenvalue weighted by atomic mass is 16.3. The van der Waals surface area contributed by atoms with Crippen LogP contribution >= 0.6 is 0 Å². The number of rotatable bonds is 5. The van der Waals surface area contributed by atoms with E-state index in [2.05, 4.69) is 34.1 Å². The van der Waals surface area contributed by atoms with Gasteiger partial charge in [-0.3, -0.25) is 4.98 Å². The first-order chi connectivity index (χ1) is 11.2. The molecule has 0 unspecified atom stereocenters. The van der Waals surface area contributed by atoms with Crippen LogP contribution in [0.1, 0.15) is 13.8 Å². The van der Waals surface area contributed by atoms with E-state index in [9.17, 15) is 5.11 Å². The molecule has 0 fully saturated rings. The molecule has 3 rings (SSSR count). The van der Waals surface area contributed by atoms with E-state index in [1.165, 1.54) is 0 Å². The maximum Gasteiger partial charge on any atom is 0.163 e. The molecule has 1 atom stereocenters. The summed E-state index contributed by atoms with van der Waals surface area (Å²) in [4.78, 5) is 13.4. The molecule has 0 saturated heterocycles. The Bertz CT molecular complexity index is 789. The van der Waals surface area contributed by atoms with E-state index in [-0.39, 0.29) is 18.6 Å². The van der Waals surface area contributed by atoms with Gasteiger partial charge in [-0.2, -0.15) is 0 Å². The molecule has 0 radical (unpaired) electrons. The topological polar surface area (TPSA) is 70.9 Å². The zero-order valence-electron chi connectivity index (χ0n) is 13.3. The van der Waals surface area contributed by atoms with Crippen LogP contribution in [0.4, 0.5) is 5.82 Å². The number of benzene rings is 1. The molecule has 5 heteroatoms. The van der Waals surface area contributed by atoms with Gasteiger partial charge in [-0.25, -0.2) is 9.97 Å². The average molecular weight is 308 g/mol. The summed E-state index contributed by atoms with van der Waals surface area (Å²) >= 11 is 0. The number of fused-ring (bicyclic) bond motifs is 1. The quantitative estimate of drug-likeness (QED) is 0.758. The van der Waals surface area contributed by atoms with Crippen molar-refractivity contribution < 1.29 is 5.11 Å². The van der Waals surface area contributed by atoms with Crippen molar-refractivity contribution >= 4 is 16.7 Å². The monoisotopic (exact) mass is 308 g/mol. The van der Waals surface area contributed by atoms with Crippen LogP contribution in [-0.4, -0.2) is 32.7 Å². The number of nitrogens with one attached hydrogen (secondary N) is 1. The number of aliphatic hydroxyl groups is 1. The van der Waals surface area contributed by atoms with Crippen LogP contribution in [0.3, 0.4) is 0 Å². The Balaban J connectivity index is 2.11. The molecule has 2 N–H and O–H groups in total. The maximum absolute atomic E-state index is 9.60. The first-order valence-electron chi connectivity index (χ1n) is 7.73. The van der Waals surface area contributed by atoms with Crippen LogP contribution in [0, 0.1) is 5.92 Å². The van der Waals surface area contributed by atoms with Crippen molar-refractivity contribution in [2.45, 2.75) is 19.9 Å². The van der Waals surface area contributed by atoms with E-state index in [0.29, 0.717) is 5.82 Å². The predicted octanol–water partition coefficient (Wildman–Crippen LogP) is 3.12. The number of anilines is 1. The molecule has 0 aliphatic rings. The lowest BCUT2D eigenvalue weighted by Gasteiger charge is -2.21. The normalized spacial score (nSPS) is 12.5. The third kappa shape index (κ3) is 3.29. The molecule has 0 bridgehead atoms. The number of pyridine rings is 1. The van der Waals surface area contributed by atoms with Gasteiger partial charge < -0.3 is 10.4 Å². The molecule has 118 valence electrons. The van der Waals surface area contributed by atoms with Gasteiger partial charge in [-0.15, -0.1) is 0 Å². The fourth-order valence-corrected chi connectivity index (χ4v) is 2.41. The molecular weight excluding hydrogens is 288 g/mol. The largest absolute Gasteiger partial charge is 0.394 e. The molecule has 0 saturated carbocycles. The molecule has 0 aliphatic heterocycles. The zero-order chi connectivity index (χ0) is 16.2. The van der Waals surface area contributed by atoms with Crippen molar-refractivity contribution in [3.8, 4) is 11.4 Å². The molecule has 2 aromatic heterocycles. The lowest BCUT2D eigenvalue weighted by atomic mass is 10.1. The Kier molecular flexibility index (Phi) is 4.48. The second-order valence-corrected chi connectivity index (χ2v) is 5.83. The van der Waals surface area contributed by atoms with Crippen LogP contribution in [-0.2, 0) is 0 Å². The van der Waals surface area contributed by atoms with Gasteiger partial charge in [0.1, 0.15) is 5.82 Å². The summed E-state index contributed by atoms with van der Waals surface area (Å²) < 4.78 is 0. The van der Waals surface area contributed by atoms with Crippen molar-refractivity contribution in [3.63, 3.8) is 0 Å². The first-order valence-corrected chi connectivity index (χ1v) is 7.73. The van der Waals surface area contributed by atoms with Crippen LogP contribution in [0.2, 0.25) is 0 Å². The zero-order valence-corrected chi connectivity index (χ0v) is 13.3. The SMILES string of the molecule is CC(C)[C@@H](CO)Nc1nc(-c2cccnc2)nc2ccccc12. The Morgan fingerprint density at radius 1 is 1.09 bits per heavy atom. The van der Waals surface area contributed by atoms with Gasteiger partial charge in [0.2, 0.25) is 0 Å². The molecule has 0 spiro atoms. The molecular formula is C18H20N4O. The highest BCUT2D eigenvalue weighted by molar-refractivity contribution is 5.90. The maximum atomic E-state index is 9.60. The molecule has 23 heavy (non-hydrogen) atoms. The van der Waals surface area contributed by atoms with E-state index >= 15 is 0 Å². The van der Waals surface area contributed by atoms with Gasteiger partial charge in [0.25, 0.3) is 0 Å². The van der Waals surface area contributed by atoms with Gasteiger partial charge in [-0.05, 0) is 30.2 Å². The van der Waals surface area contributed by atoms with E-state index < -0.39 is 0 Å². The third-order valence-corrected chi connectivity index (χ3v) is 3.85. The Morgan fingerprint density at radius 3 is 2.61 bits per heavy atom. The second kappa shape index (κ2) is 6.71. The number of para-hydroxylation sites is 1. The third-order valence-electron chi connectivity index (χ3n) is 3.85. The molecule has 3 aromatic rings. The van der Waals surface area contributed by atoms with Gasteiger partial charge in [0.15, 0.2) is 5.82 Å². The summed E-state index contributed by atoms with van der Waals surface area (Å²) in [7, 11) is 0. The van der Waals surface area contributed by atoms with Gasteiger partial charge in [0.05, 0.1) is 18.2 Å². The predicted molar refractivity (Wildman–Crippen MR) is 92.1 cm³/mol. The first kappa shape index (κ1) is 15.4. The molecule has 5 nitrogen and oxygen atoms in total. The standard InChI is InChI=1S/C18H20N4O/c1-12(2)16(11-23)21-18-14-7-3-4-8-15(14)20-17(22-18)13-6-5-9-19-10-13/h3-10,12,16,23H,11H2,1-2H3,(H,20,21,22)/t16-/m1/s1. The summed E-state index contributed by atoms with van der Waals surface area (Å²) in [5.74, 6) is 1.65. The number of aliphatic hydroxyl groups excluding tert-OH is 1. The van der Waals surface area contributed by atoms with Gasteiger partial charge in [-0.1, -0.05) is 26.0 Å². The number of hydrogen-bond donors (Lipinski definition) is 2. The molecule has 0 amide bonds. The van der Waals surface area contributed by atoms with Crippen molar-refractivity contribution in [3.05, 3.63) is 48.8 Å². The Morgan fingerprint density at radius 2 is 1.91 bits per heavy atom. The van der Waals surface area contributed by atoms with Crippen molar-refractivity contribution in [1.29, 1.82) is 0 Å². The molecule has 0 aliphatic carbocycles. The van der Waals surface area contributed by atoms with Crippen molar-refractivity contribution in [1.82, 2.24) is 15.0 Å². The summed E-state index contributed by atoms with van der Waals surface area (Å²) in [6.45, 7) is 4.19. The highest BCUT2D eigenvalue weighted by Crippen LogP contribution is 2.25. The van der Waals surface area contributed by atoms with E-state index in [1.807, 2.05) is 36.4 Å². The molecule has 1 aromatic carbocycles. The van der Waals surface area contributed by atoms with E-state index in [0.717, 1.165) is 22.3 Å². The number of aromatic nitrogens is 3. The van der Waals surface area contributed by atoms with E-state index in [4.69, 9.17) is 0 Å². The minimum Gasteiger partial charge on any atom is -0.394 e. The second-order valence-electron chi connectivity index (χ2n) is 5.83. The minimum absolute atomic E-state index is 0.0538. The van der Waals surface area contributed by atoms with Crippen LogP contribution in [0.5, 0.6) is 0 Å². The highest BCUT2D eigenvalue weighted by Gasteiger charge is 2.16. The lowest BCUT2D eigenvalue weighted by molar-refractivity contribution is 0.249. The summed E-state index contributed by atoms with van der Waals surface area (Å²) in [6.07, 6.45) is 3.48. The van der Waals surface area contributed by atoms with Crippen molar-refractivity contribution in [2.24, 2.45) is 5.92 Å². The fraction of sp³-hybridized carbons (Fsp3) is 0.278. The minimum atomic E-state index is -0.0601. The summed E-state index contributed by atoms with van der Waals surface area (Å²) in [5.41, 5.74) is 1.73. The summed E-state index contributed by atoms with van der Waals surface area (Å²) in [6, 6.07) is 11.6. The van der Waals surface area contributed by atoms with Gasteiger partial charge >= 0.3 is 0 Å². The average Bonchev–Trinajstić information content (AvgIpc) is 2.59. The smallest absolute Gasteiger partial charge is 0.163 e. The Hall–Kier alpha value is -2.53. The van der Waals surface area contributed by atoms with Gasteiger partial charge in [0, 0.05) is 23.3 Å². The van der Waals surface area contributed by atoms with Crippen LogP contribution in [0.15, 0.2) is 48.8 Å². The Labute approximate surface area is 135 Å². The molecule has 2 heterocycles. The van der Waals surface area contributed by atoms with Crippen molar-refractivity contribution in [2.75, 3.05) is 11.9 Å². The summed E-state index contributed by atoms with van der Waals surface area (Å²) in [5, 5.41) is 13.9. The van der Waals surface area contributed by atoms with E-state index in [1.54, 1.807) is 12.4 Å². The van der Waals surface area contributed by atoms with Crippen LogP contribution in [0.25, 0.3) is 22.3 Å².